The van der Waals surface area contributed by atoms with Gasteiger partial charge >= 0.3 is 5.97 Å². The molecule has 0 radical (unpaired) electrons. The first kappa shape index (κ1) is 17.9. The molecule has 0 fully saturated rings. The number of aromatic amines is 1. The Morgan fingerprint density at radius 1 is 1.04 bits per heavy atom. The molecule has 2 aromatic carbocycles. The molecule has 0 aliphatic heterocycles. The van der Waals surface area contributed by atoms with Crippen LogP contribution in [0.5, 0.6) is 0 Å². The largest absolute Gasteiger partial charge is 0.478 e. The second-order valence-corrected chi connectivity index (χ2v) is 6.94. The number of fused-ring (bicyclic) bond motifs is 1. The summed E-state index contributed by atoms with van der Waals surface area (Å²) in [5.41, 5.74) is 4.10. The summed E-state index contributed by atoms with van der Waals surface area (Å²) in [6.45, 7) is 4.23. The van der Waals surface area contributed by atoms with Crippen LogP contribution in [-0.4, -0.2) is 26.3 Å². The van der Waals surface area contributed by atoms with Gasteiger partial charge in [-0.2, -0.15) is 5.10 Å². The van der Waals surface area contributed by atoms with Crippen LogP contribution >= 0.6 is 0 Å². The maximum atomic E-state index is 13.2. The van der Waals surface area contributed by atoms with Gasteiger partial charge in [-0.3, -0.25) is 5.10 Å². The average molecular weight is 375 g/mol. The molecule has 0 aliphatic rings. The molecule has 0 spiro atoms. The summed E-state index contributed by atoms with van der Waals surface area (Å²) in [6.07, 6.45) is 0. The van der Waals surface area contributed by atoms with Crippen LogP contribution in [0.2, 0.25) is 0 Å². The monoisotopic (exact) mass is 375 g/mol. The molecule has 5 nitrogen and oxygen atoms in total. The van der Waals surface area contributed by atoms with Crippen molar-refractivity contribution in [2.24, 2.45) is 0 Å². The lowest BCUT2D eigenvalue weighted by Gasteiger charge is -2.08. The first-order chi connectivity index (χ1) is 13.4. The van der Waals surface area contributed by atoms with Crippen LogP contribution in [0.3, 0.4) is 0 Å². The Hall–Kier alpha value is -3.54. The number of hydrogen-bond donors (Lipinski definition) is 2. The van der Waals surface area contributed by atoms with Crippen molar-refractivity contribution in [3.63, 3.8) is 0 Å². The minimum Gasteiger partial charge on any atom is -0.478 e. The molecule has 0 saturated carbocycles. The molecule has 0 unspecified atom stereocenters. The van der Waals surface area contributed by atoms with Crippen molar-refractivity contribution >= 4 is 17.0 Å². The van der Waals surface area contributed by atoms with E-state index in [0.717, 1.165) is 5.56 Å². The van der Waals surface area contributed by atoms with E-state index < -0.39 is 5.97 Å². The average Bonchev–Trinajstić information content (AvgIpc) is 3.12. The van der Waals surface area contributed by atoms with E-state index in [2.05, 4.69) is 29.0 Å². The Morgan fingerprint density at radius 2 is 1.68 bits per heavy atom. The molecule has 0 aliphatic carbocycles. The highest BCUT2D eigenvalue weighted by Gasteiger charge is 2.19. The van der Waals surface area contributed by atoms with Gasteiger partial charge in [0.15, 0.2) is 5.65 Å². The quantitative estimate of drug-likeness (QED) is 0.510. The van der Waals surface area contributed by atoms with E-state index in [1.807, 2.05) is 24.3 Å². The summed E-state index contributed by atoms with van der Waals surface area (Å²) in [7, 11) is 0. The zero-order valence-electron chi connectivity index (χ0n) is 15.4. The van der Waals surface area contributed by atoms with Crippen LogP contribution in [0, 0.1) is 5.82 Å². The third kappa shape index (κ3) is 3.13. The standard InChI is InChI=1S/C22H18FN3O2/c1-12(2)13-3-5-14(6-4-13)18-11-17(22(27)28)19-20(25-26-21(19)24-18)15-7-9-16(23)10-8-15/h3-12H,1-2H3,(H,27,28)(H,24,25,26). The second kappa shape index (κ2) is 6.88. The van der Waals surface area contributed by atoms with E-state index in [1.54, 1.807) is 18.2 Å². The van der Waals surface area contributed by atoms with Crippen LogP contribution in [0.15, 0.2) is 54.6 Å². The number of aromatic nitrogens is 3. The van der Waals surface area contributed by atoms with Gasteiger partial charge in [-0.15, -0.1) is 0 Å². The number of rotatable bonds is 4. The second-order valence-electron chi connectivity index (χ2n) is 6.94. The van der Waals surface area contributed by atoms with Gasteiger partial charge in [-0.1, -0.05) is 38.1 Å². The van der Waals surface area contributed by atoms with E-state index >= 15 is 0 Å². The predicted molar refractivity (Wildman–Crippen MR) is 106 cm³/mol. The molecule has 0 saturated heterocycles. The van der Waals surface area contributed by atoms with E-state index in [4.69, 9.17) is 0 Å². The van der Waals surface area contributed by atoms with Crippen molar-refractivity contribution in [1.29, 1.82) is 0 Å². The summed E-state index contributed by atoms with van der Waals surface area (Å²) < 4.78 is 13.2. The summed E-state index contributed by atoms with van der Waals surface area (Å²) in [5.74, 6) is -1.03. The third-order valence-corrected chi connectivity index (χ3v) is 4.76. The Bertz CT molecular complexity index is 1160. The third-order valence-electron chi connectivity index (χ3n) is 4.76. The lowest BCUT2D eigenvalue weighted by atomic mass is 9.99. The number of benzene rings is 2. The molecular formula is C22H18FN3O2. The highest BCUT2D eigenvalue weighted by atomic mass is 19.1. The van der Waals surface area contributed by atoms with Crippen LogP contribution < -0.4 is 0 Å². The van der Waals surface area contributed by atoms with E-state index in [0.29, 0.717) is 33.9 Å². The lowest BCUT2D eigenvalue weighted by Crippen LogP contribution is -2.00. The topological polar surface area (TPSA) is 78.9 Å². The fourth-order valence-corrected chi connectivity index (χ4v) is 3.20. The molecule has 2 aromatic heterocycles. The molecule has 2 heterocycles. The van der Waals surface area contributed by atoms with Crippen LogP contribution in [-0.2, 0) is 0 Å². The maximum absolute atomic E-state index is 13.2. The maximum Gasteiger partial charge on any atom is 0.336 e. The number of carboxylic acids is 1. The van der Waals surface area contributed by atoms with Gasteiger partial charge in [0.05, 0.1) is 22.3 Å². The lowest BCUT2D eigenvalue weighted by molar-refractivity contribution is 0.0699. The number of hydrogen-bond acceptors (Lipinski definition) is 3. The molecule has 0 amide bonds. The van der Waals surface area contributed by atoms with Gasteiger partial charge in [0, 0.05) is 11.1 Å². The smallest absolute Gasteiger partial charge is 0.336 e. The zero-order valence-corrected chi connectivity index (χ0v) is 15.4. The number of pyridine rings is 1. The zero-order chi connectivity index (χ0) is 19.8. The molecule has 4 aromatic rings. The van der Waals surface area contributed by atoms with Gasteiger partial charge in [-0.05, 0) is 41.8 Å². The molecule has 28 heavy (non-hydrogen) atoms. The van der Waals surface area contributed by atoms with Crippen molar-refractivity contribution in [3.05, 3.63) is 71.5 Å². The van der Waals surface area contributed by atoms with Crippen LogP contribution in [0.25, 0.3) is 33.5 Å². The number of carboxylic acid groups (broad SMARTS) is 1. The van der Waals surface area contributed by atoms with Crippen molar-refractivity contribution in [1.82, 2.24) is 15.2 Å². The van der Waals surface area contributed by atoms with E-state index in [1.165, 1.54) is 17.7 Å². The summed E-state index contributed by atoms with van der Waals surface area (Å²) in [5, 5.41) is 17.2. The fraction of sp³-hybridized carbons (Fsp3) is 0.136. The molecule has 6 heteroatoms. The van der Waals surface area contributed by atoms with Crippen molar-refractivity contribution in [3.8, 4) is 22.5 Å². The Balaban J connectivity index is 1.88. The molecule has 0 atom stereocenters. The highest BCUT2D eigenvalue weighted by molar-refractivity contribution is 6.08. The molecular weight excluding hydrogens is 357 g/mol. The van der Waals surface area contributed by atoms with E-state index in [9.17, 15) is 14.3 Å². The Kier molecular flexibility index (Phi) is 4.39. The normalized spacial score (nSPS) is 11.3. The number of halogens is 1. The summed E-state index contributed by atoms with van der Waals surface area (Å²) in [4.78, 5) is 16.5. The van der Waals surface area contributed by atoms with Crippen molar-refractivity contribution in [2.45, 2.75) is 19.8 Å². The number of nitrogens with zero attached hydrogens (tertiary/aromatic N) is 2. The predicted octanol–water partition coefficient (Wildman–Crippen LogP) is 5.25. The first-order valence-corrected chi connectivity index (χ1v) is 8.92. The number of nitrogens with one attached hydrogen (secondary N) is 1. The summed E-state index contributed by atoms with van der Waals surface area (Å²) >= 11 is 0. The van der Waals surface area contributed by atoms with Gasteiger partial charge in [-0.25, -0.2) is 14.2 Å². The highest BCUT2D eigenvalue weighted by Crippen LogP contribution is 2.32. The number of aromatic carboxylic acids is 1. The Morgan fingerprint density at radius 3 is 2.29 bits per heavy atom. The number of H-pyrrole nitrogens is 1. The van der Waals surface area contributed by atoms with Gasteiger partial charge in [0.2, 0.25) is 0 Å². The number of carbonyl (C=O) groups is 1. The fourth-order valence-electron chi connectivity index (χ4n) is 3.20. The van der Waals surface area contributed by atoms with Gasteiger partial charge in [0.1, 0.15) is 5.82 Å². The first-order valence-electron chi connectivity index (χ1n) is 8.92. The molecule has 0 bridgehead atoms. The van der Waals surface area contributed by atoms with Crippen LogP contribution in [0.1, 0.15) is 35.7 Å². The van der Waals surface area contributed by atoms with Crippen molar-refractivity contribution < 1.29 is 14.3 Å². The molecule has 140 valence electrons. The molecule has 2 N–H and O–H groups in total. The SMILES string of the molecule is CC(C)c1ccc(-c2cc(C(=O)O)c3c(-c4ccc(F)cc4)[nH]nc3n2)cc1. The van der Waals surface area contributed by atoms with Gasteiger partial charge in [0.25, 0.3) is 0 Å². The van der Waals surface area contributed by atoms with Gasteiger partial charge < -0.3 is 5.11 Å². The van der Waals surface area contributed by atoms with Crippen LogP contribution in [0.4, 0.5) is 4.39 Å². The van der Waals surface area contributed by atoms with Crippen molar-refractivity contribution in [2.75, 3.05) is 0 Å². The summed E-state index contributed by atoms with van der Waals surface area (Å²) in [6, 6.07) is 15.2. The van der Waals surface area contributed by atoms with E-state index in [-0.39, 0.29) is 11.4 Å². The minimum absolute atomic E-state index is 0.0982. The minimum atomic E-state index is -1.07. The molecule has 4 rings (SSSR count). The Labute approximate surface area is 160 Å².